The molecule has 0 radical (unpaired) electrons. The lowest BCUT2D eigenvalue weighted by Crippen LogP contribution is -1.92. The molecule has 0 fully saturated rings. The maximum absolute atomic E-state index is 5.96. The monoisotopic (exact) mass is 295 g/mol. The second kappa shape index (κ2) is 4.22. The molecule has 0 aliphatic rings. The summed E-state index contributed by atoms with van der Waals surface area (Å²) >= 11 is 5.32. The molecule has 2 N–H and O–H groups in total. The topological polar surface area (TPSA) is 26.0 Å². The Morgan fingerprint density at radius 1 is 1.00 bits per heavy atom. The standard InChI is InChI=1S/C13H14BrNS/c1-7-4-8(2)11(15)6-10(7)12-5-9(3)13(14)16-12/h4-6H,15H2,1-3H3. The molecular weight excluding hydrogens is 282 g/mol. The fourth-order valence-corrected chi connectivity index (χ4v) is 3.34. The third-order valence-corrected chi connectivity index (χ3v) is 4.91. The molecule has 1 nitrogen and oxygen atoms in total. The summed E-state index contributed by atoms with van der Waals surface area (Å²) in [7, 11) is 0. The lowest BCUT2D eigenvalue weighted by Gasteiger charge is -2.07. The highest BCUT2D eigenvalue weighted by atomic mass is 79.9. The molecule has 0 saturated carbocycles. The van der Waals surface area contributed by atoms with E-state index in [9.17, 15) is 0 Å². The summed E-state index contributed by atoms with van der Waals surface area (Å²) in [5.41, 5.74) is 11.8. The van der Waals surface area contributed by atoms with Crippen LogP contribution >= 0.6 is 27.3 Å². The second-order valence-corrected chi connectivity index (χ2v) is 6.46. The summed E-state index contributed by atoms with van der Waals surface area (Å²) in [6.07, 6.45) is 0. The fourth-order valence-electron chi connectivity index (χ4n) is 1.73. The van der Waals surface area contributed by atoms with Gasteiger partial charge >= 0.3 is 0 Å². The van der Waals surface area contributed by atoms with Gasteiger partial charge in [-0.05, 0) is 71.1 Å². The Morgan fingerprint density at radius 3 is 2.25 bits per heavy atom. The predicted octanol–water partition coefficient (Wildman–Crippen LogP) is 4.69. The molecule has 0 atom stereocenters. The lowest BCUT2D eigenvalue weighted by molar-refractivity contribution is 1.39. The number of anilines is 1. The number of thiophene rings is 1. The van der Waals surface area contributed by atoms with Crippen LogP contribution in [-0.4, -0.2) is 0 Å². The predicted molar refractivity (Wildman–Crippen MR) is 76.1 cm³/mol. The summed E-state index contributed by atoms with van der Waals surface area (Å²) < 4.78 is 1.20. The first-order chi connectivity index (χ1) is 7.49. The summed E-state index contributed by atoms with van der Waals surface area (Å²) in [6, 6.07) is 6.42. The molecule has 16 heavy (non-hydrogen) atoms. The van der Waals surface area contributed by atoms with Crippen molar-refractivity contribution in [2.45, 2.75) is 20.8 Å². The Balaban J connectivity index is 2.60. The van der Waals surface area contributed by atoms with E-state index >= 15 is 0 Å². The fraction of sp³-hybridized carbons (Fsp3) is 0.231. The lowest BCUT2D eigenvalue weighted by atomic mass is 10.0. The van der Waals surface area contributed by atoms with Gasteiger partial charge in [-0.25, -0.2) is 0 Å². The normalized spacial score (nSPS) is 10.8. The minimum absolute atomic E-state index is 0.864. The van der Waals surface area contributed by atoms with E-state index in [1.54, 1.807) is 11.3 Å². The number of aryl methyl sites for hydroxylation is 3. The Hall–Kier alpha value is -0.800. The molecule has 1 aromatic heterocycles. The SMILES string of the molecule is Cc1cc(C)c(-c2cc(C)c(Br)s2)cc1N. The summed E-state index contributed by atoms with van der Waals surface area (Å²) in [5.74, 6) is 0. The van der Waals surface area contributed by atoms with Gasteiger partial charge in [0.2, 0.25) is 0 Å². The third kappa shape index (κ3) is 2.02. The number of hydrogen-bond acceptors (Lipinski definition) is 2. The Bertz CT molecular complexity index is 524. The highest BCUT2D eigenvalue weighted by Crippen LogP contribution is 2.37. The molecular formula is C13H14BrNS. The van der Waals surface area contributed by atoms with Crippen LogP contribution in [0.15, 0.2) is 22.0 Å². The smallest absolute Gasteiger partial charge is 0.0734 e. The van der Waals surface area contributed by atoms with E-state index in [4.69, 9.17) is 5.73 Å². The maximum atomic E-state index is 5.96. The van der Waals surface area contributed by atoms with Gasteiger partial charge in [-0.15, -0.1) is 11.3 Å². The average molecular weight is 296 g/mol. The Labute approximate surface area is 108 Å². The van der Waals surface area contributed by atoms with Gasteiger partial charge in [0.1, 0.15) is 0 Å². The van der Waals surface area contributed by atoms with E-state index in [2.05, 4.69) is 48.0 Å². The molecule has 0 aliphatic carbocycles. The largest absolute Gasteiger partial charge is 0.398 e. The van der Waals surface area contributed by atoms with Crippen molar-refractivity contribution in [2.24, 2.45) is 0 Å². The van der Waals surface area contributed by atoms with Crippen LogP contribution in [0.3, 0.4) is 0 Å². The number of halogens is 1. The first-order valence-corrected chi connectivity index (χ1v) is 6.73. The van der Waals surface area contributed by atoms with Gasteiger partial charge in [-0.1, -0.05) is 6.07 Å². The molecule has 1 heterocycles. The van der Waals surface area contributed by atoms with Crippen LogP contribution in [0.1, 0.15) is 16.7 Å². The maximum Gasteiger partial charge on any atom is 0.0734 e. The second-order valence-electron chi connectivity index (χ2n) is 4.09. The first-order valence-electron chi connectivity index (χ1n) is 5.12. The van der Waals surface area contributed by atoms with E-state index in [1.807, 2.05) is 6.92 Å². The van der Waals surface area contributed by atoms with Crippen molar-refractivity contribution < 1.29 is 0 Å². The van der Waals surface area contributed by atoms with Crippen molar-refractivity contribution >= 4 is 33.0 Å². The quantitative estimate of drug-likeness (QED) is 0.759. The van der Waals surface area contributed by atoms with E-state index in [0.717, 1.165) is 11.3 Å². The minimum atomic E-state index is 0.864. The molecule has 84 valence electrons. The van der Waals surface area contributed by atoms with E-state index < -0.39 is 0 Å². The Kier molecular flexibility index (Phi) is 3.08. The number of benzene rings is 1. The van der Waals surface area contributed by atoms with Gasteiger partial charge in [0.05, 0.1) is 3.79 Å². The average Bonchev–Trinajstić information content (AvgIpc) is 2.53. The van der Waals surface area contributed by atoms with Crippen molar-refractivity contribution in [1.29, 1.82) is 0 Å². The van der Waals surface area contributed by atoms with Gasteiger partial charge in [0.15, 0.2) is 0 Å². The molecule has 1 aromatic carbocycles. The Morgan fingerprint density at radius 2 is 1.69 bits per heavy atom. The van der Waals surface area contributed by atoms with Crippen LogP contribution in [0.2, 0.25) is 0 Å². The van der Waals surface area contributed by atoms with Crippen LogP contribution in [0.4, 0.5) is 5.69 Å². The zero-order chi connectivity index (χ0) is 11.9. The van der Waals surface area contributed by atoms with Crippen molar-refractivity contribution in [3.8, 4) is 10.4 Å². The third-order valence-electron chi connectivity index (χ3n) is 2.74. The van der Waals surface area contributed by atoms with E-state index in [0.29, 0.717) is 0 Å². The molecule has 0 unspecified atom stereocenters. The molecule has 2 rings (SSSR count). The number of hydrogen-bond donors (Lipinski definition) is 1. The molecule has 0 saturated heterocycles. The zero-order valence-electron chi connectivity index (χ0n) is 9.60. The van der Waals surface area contributed by atoms with Crippen molar-refractivity contribution in [2.75, 3.05) is 5.73 Å². The van der Waals surface area contributed by atoms with Crippen LogP contribution in [0.25, 0.3) is 10.4 Å². The van der Waals surface area contributed by atoms with Gasteiger partial charge in [0.25, 0.3) is 0 Å². The molecule has 3 heteroatoms. The van der Waals surface area contributed by atoms with Crippen LogP contribution in [-0.2, 0) is 0 Å². The van der Waals surface area contributed by atoms with Crippen molar-refractivity contribution in [3.63, 3.8) is 0 Å². The zero-order valence-corrected chi connectivity index (χ0v) is 12.0. The van der Waals surface area contributed by atoms with Crippen molar-refractivity contribution in [3.05, 3.63) is 38.7 Å². The molecule has 2 aromatic rings. The van der Waals surface area contributed by atoms with E-state index in [-0.39, 0.29) is 0 Å². The number of nitrogens with two attached hydrogens (primary N) is 1. The molecule has 0 aliphatic heterocycles. The van der Waals surface area contributed by atoms with Gasteiger partial charge in [-0.2, -0.15) is 0 Å². The molecule has 0 spiro atoms. The van der Waals surface area contributed by atoms with Gasteiger partial charge in [-0.3, -0.25) is 0 Å². The molecule has 0 amide bonds. The van der Waals surface area contributed by atoms with Crippen molar-refractivity contribution in [1.82, 2.24) is 0 Å². The van der Waals surface area contributed by atoms with E-state index in [1.165, 1.54) is 25.4 Å². The van der Waals surface area contributed by atoms with Crippen LogP contribution < -0.4 is 5.73 Å². The molecule has 0 bridgehead atoms. The van der Waals surface area contributed by atoms with Gasteiger partial charge < -0.3 is 5.73 Å². The highest BCUT2D eigenvalue weighted by molar-refractivity contribution is 9.11. The highest BCUT2D eigenvalue weighted by Gasteiger charge is 2.09. The van der Waals surface area contributed by atoms with Crippen LogP contribution in [0, 0.1) is 20.8 Å². The van der Waals surface area contributed by atoms with Crippen LogP contribution in [0.5, 0.6) is 0 Å². The summed E-state index contributed by atoms with van der Waals surface area (Å²) in [6.45, 7) is 6.28. The first kappa shape index (κ1) is 11.7. The summed E-state index contributed by atoms with van der Waals surface area (Å²) in [5, 5.41) is 0. The van der Waals surface area contributed by atoms with Gasteiger partial charge in [0, 0.05) is 10.6 Å². The summed E-state index contributed by atoms with van der Waals surface area (Å²) in [4.78, 5) is 1.27. The minimum Gasteiger partial charge on any atom is -0.398 e. The number of rotatable bonds is 1. The number of nitrogen functional groups attached to an aromatic ring is 1.